The minimum Gasteiger partial charge on any atom is -0.439 e. The SMILES string of the molecule is Cc1cc(C(N)=O)cc(Oc2cccc(CO)c2)n1. The number of benzene rings is 1. The van der Waals surface area contributed by atoms with Gasteiger partial charge in [-0.05, 0) is 30.7 Å². The molecule has 0 unspecified atom stereocenters. The molecule has 5 heteroatoms. The molecule has 0 aliphatic carbocycles. The normalized spacial score (nSPS) is 10.2. The number of aryl methyl sites for hydroxylation is 1. The van der Waals surface area contributed by atoms with E-state index in [9.17, 15) is 4.79 Å². The van der Waals surface area contributed by atoms with E-state index in [0.29, 0.717) is 22.9 Å². The Labute approximate surface area is 110 Å². The first-order valence-corrected chi connectivity index (χ1v) is 5.74. The van der Waals surface area contributed by atoms with Crippen LogP contribution in [0.5, 0.6) is 11.6 Å². The van der Waals surface area contributed by atoms with Crippen LogP contribution in [0.25, 0.3) is 0 Å². The molecule has 2 aromatic rings. The molecular formula is C14H14N2O3. The molecule has 1 aromatic carbocycles. The van der Waals surface area contributed by atoms with E-state index in [1.165, 1.54) is 6.07 Å². The third-order valence-corrected chi connectivity index (χ3v) is 2.52. The van der Waals surface area contributed by atoms with E-state index in [0.717, 1.165) is 5.56 Å². The predicted molar refractivity (Wildman–Crippen MR) is 69.9 cm³/mol. The van der Waals surface area contributed by atoms with Crippen LogP contribution in [-0.4, -0.2) is 16.0 Å². The topological polar surface area (TPSA) is 85.4 Å². The minimum atomic E-state index is -0.528. The number of aliphatic hydroxyl groups excluding tert-OH is 1. The predicted octanol–water partition coefficient (Wildman–Crippen LogP) is 1.77. The van der Waals surface area contributed by atoms with E-state index in [-0.39, 0.29) is 6.61 Å². The lowest BCUT2D eigenvalue weighted by Gasteiger charge is -2.08. The van der Waals surface area contributed by atoms with E-state index in [1.807, 2.05) is 0 Å². The second kappa shape index (κ2) is 5.49. The Morgan fingerprint density at radius 1 is 1.37 bits per heavy atom. The highest BCUT2D eigenvalue weighted by atomic mass is 16.5. The second-order valence-corrected chi connectivity index (χ2v) is 4.11. The molecule has 0 fully saturated rings. The van der Waals surface area contributed by atoms with E-state index in [4.69, 9.17) is 15.6 Å². The summed E-state index contributed by atoms with van der Waals surface area (Å²) >= 11 is 0. The van der Waals surface area contributed by atoms with Crippen LogP contribution in [0.3, 0.4) is 0 Å². The van der Waals surface area contributed by atoms with Crippen molar-refractivity contribution in [3.05, 3.63) is 53.2 Å². The molecule has 0 atom stereocenters. The van der Waals surface area contributed by atoms with Crippen LogP contribution >= 0.6 is 0 Å². The van der Waals surface area contributed by atoms with Gasteiger partial charge >= 0.3 is 0 Å². The maximum Gasteiger partial charge on any atom is 0.248 e. The Hall–Kier alpha value is -2.40. The van der Waals surface area contributed by atoms with Gasteiger partial charge in [-0.25, -0.2) is 4.98 Å². The summed E-state index contributed by atoms with van der Waals surface area (Å²) in [7, 11) is 0. The molecule has 0 spiro atoms. The zero-order chi connectivity index (χ0) is 13.8. The number of rotatable bonds is 4. The molecule has 1 amide bonds. The maximum absolute atomic E-state index is 11.2. The fourth-order valence-electron chi connectivity index (χ4n) is 1.66. The molecule has 0 saturated carbocycles. The fourth-order valence-corrected chi connectivity index (χ4v) is 1.66. The van der Waals surface area contributed by atoms with Gasteiger partial charge in [0.2, 0.25) is 11.8 Å². The number of carbonyl (C=O) groups excluding carboxylic acids is 1. The summed E-state index contributed by atoms with van der Waals surface area (Å²) in [6.45, 7) is 1.69. The summed E-state index contributed by atoms with van der Waals surface area (Å²) < 4.78 is 5.56. The van der Waals surface area contributed by atoms with Gasteiger partial charge in [0.15, 0.2) is 0 Å². The fraction of sp³-hybridized carbons (Fsp3) is 0.143. The highest BCUT2D eigenvalue weighted by Gasteiger charge is 2.07. The molecule has 1 heterocycles. The smallest absolute Gasteiger partial charge is 0.248 e. The quantitative estimate of drug-likeness (QED) is 0.875. The monoisotopic (exact) mass is 258 g/mol. The highest BCUT2D eigenvalue weighted by molar-refractivity contribution is 5.93. The van der Waals surface area contributed by atoms with Crippen molar-refractivity contribution in [1.29, 1.82) is 0 Å². The molecular weight excluding hydrogens is 244 g/mol. The van der Waals surface area contributed by atoms with Crippen molar-refractivity contribution in [2.45, 2.75) is 13.5 Å². The highest BCUT2D eigenvalue weighted by Crippen LogP contribution is 2.22. The lowest BCUT2D eigenvalue weighted by atomic mass is 10.2. The van der Waals surface area contributed by atoms with Gasteiger partial charge in [0, 0.05) is 17.3 Å². The molecule has 1 aromatic heterocycles. The first kappa shape index (κ1) is 13.0. The van der Waals surface area contributed by atoms with Crippen LogP contribution < -0.4 is 10.5 Å². The molecule has 5 nitrogen and oxygen atoms in total. The van der Waals surface area contributed by atoms with Gasteiger partial charge in [0.05, 0.1) is 6.61 Å². The number of aliphatic hydroxyl groups is 1. The Bertz CT molecular complexity index is 611. The third-order valence-electron chi connectivity index (χ3n) is 2.52. The van der Waals surface area contributed by atoms with Gasteiger partial charge in [0.25, 0.3) is 0 Å². The number of nitrogens with zero attached hydrogens (tertiary/aromatic N) is 1. The number of primary amides is 1. The first-order chi connectivity index (χ1) is 9.08. The lowest BCUT2D eigenvalue weighted by molar-refractivity contribution is 0.0999. The van der Waals surface area contributed by atoms with Gasteiger partial charge in [-0.3, -0.25) is 4.79 Å². The van der Waals surface area contributed by atoms with Crippen molar-refractivity contribution in [1.82, 2.24) is 4.98 Å². The molecule has 3 N–H and O–H groups in total. The second-order valence-electron chi connectivity index (χ2n) is 4.11. The average molecular weight is 258 g/mol. The largest absolute Gasteiger partial charge is 0.439 e. The molecule has 98 valence electrons. The van der Waals surface area contributed by atoms with Gasteiger partial charge in [0.1, 0.15) is 5.75 Å². The summed E-state index contributed by atoms with van der Waals surface area (Å²) in [6.07, 6.45) is 0. The van der Waals surface area contributed by atoms with E-state index in [2.05, 4.69) is 4.98 Å². The molecule has 2 rings (SSSR count). The number of pyridine rings is 1. The maximum atomic E-state index is 11.2. The van der Waals surface area contributed by atoms with Gasteiger partial charge in [-0.2, -0.15) is 0 Å². The molecule has 0 aliphatic rings. The standard InChI is InChI=1S/C14H14N2O3/c1-9-5-11(14(15)18)7-13(16-9)19-12-4-2-3-10(6-12)8-17/h2-7,17H,8H2,1H3,(H2,15,18). The average Bonchev–Trinajstić information content (AvgIpc) is 2.38. The van der Waals surface area contributed by atoms with E-state index >= 15 is 0 Å². The molecule has 0 bridgehead atoms. The van der Waals surface area contributed by atoms with Gasteiger partial charge < -0.3 is 15.6 Å². The molecule has 19 heavy (non-hydrogen) atoms. The Morgan fingerprint density at radius 2 is 2.16 bits per heavy atom. The van der Waals surface area contributed by atoms with Crippen LogP contribution in [-0.2, 0) is 6.61 Å². The minimum absolute atomic E-state index is 0.0645. The van der Waals surface area contributed by atoms with Crippen molar-refractivity contribution in [2.24, 2.45) is 5.73 Å². The molecule has 0 radical (unpaired) electrons. The number of amides is 1. The van der Waals surface area contributed by atoms with E-state index < -0.39 is 5.91 Å². The Balaban J connectivity index is 2.29. The number of ether oxygens (including phenoxy) is 1. The first-order valence-electron chi connectivity index (χ1n) is 5.74. The van der Waals surface area contributed by atoms with Crippen molar-refractivity contribution < 1.29 is 14.6 Å². The van der Waals surface area contributed by atoms with Crippen molar-refractivity contribution >= 4 is 5.91 Å². The van der Waals surface area contributed by atoms with Crippen LogP contribution in [0.15, 0.2) is 36.4 Å². The summed E-state index contributed by atoms with van der Waals surface area (Å²) in [5, 5.41) is 9.06. The molecule has 0 aliphatic heterocycles. The molecule has 0 saturated heterocycles. The van der Waals surface area contributed by atoms with Crippen molar-refractivity contribution in [3.63, 3.8) is 0 Å². The summed E-state index contributed by atoms with van der Waals surface area (Å²) in [5.74, 6) is 0.309. The number of aromatic nitrogens is 1. The Kier molecular flexibility index (Phi) is 3.77. The number of hydrogen-bond donors (Lipinski definition) is 2. The van der Waals surface area contributed by atoms with Gasteiger partial charge in [-0.15, -0.1) is 0 Å². The Morgan fingerprint density at radius 3 is 2.84 bits per heavy atom. The number of carbonyl (C=O) groups is 1. The lowest BCUT2D eigenvalue weighted by Crippen LogP contribution is -2.11. The van der Waals surface area contributed by atoms with Crippen LogP contribution in [0.4, 0.5) is 0 Å². The van der Waals surface area contributed by atoms with Crippen molar-refractivity contribution in [3.8, 4) is 11.6 Å². The van der Waals surface area contributed by atoms with Crippen molar-refractivity contribution in [2.75, 3.05) is 0 Å². The van der Waals surface area contributed by atoms with Crippen LogP contribution in [0.2, 0.25) is 0 Å². The third kappa shape index (κ3) is 3.29. The summed E-state index contributed by atoms with van der Waals surface area (Å²) in [4.78, 5) is 15.3. The zero-order valence-electron chi connectivity index (χ0n) is 10.5. The van der Waals surface area contributed by atoms with E-state index in [1.54, 1.807) is 37.3 Å². The summed E-state index contributed by atoms with van der Waals surface area (Å²) in [5.41, 5.74) is 6.96. The van der Waals surface area contributed by atoms with Gasteiger partial charge in [-0.1, -0.05) is 12.1 Å². The summed E-state index contributed by atoms with van der Waals surface area (Å²) in [6, 6.07) is 10.1. The number of nitrogens with two attached hydrogens (primary N) is 1. The van der Waals surface area contributed by atoms with Crippen LogP contribution in [0, 0.1) is 6.92 Å². The zero-order valence-corrected chi connectivity index (χ0v) is 10.5. The number of hydrogen-bond acceptors (Lipinski definition) is 4. The van der Waals surface area contributed by atoms with Crippen LogP contribution in [0.1, 0.15) is 21.6 Å².